The minimum atomic E-state index is -0.872. The molecule has 0 aliphatic carbocycles. The van der Waals surface area contributed by atoms with Gasteiger partial charge in [-0.3, -0.25) is 15.0 Å². The molecule has 1 atom stereocenters. The van der Waals surface area contributed by atoms with Gasteiger partial charge < -0.3 is 5.11 Å². The van der Waals surface area contributed by atoms with Crippen LogP contribution in [0.5, 0.6) is 0 Å². The molecule has 2 amide bonds. The van der Waals surface area contributed by atoms with Crippen LogP contribution in [0.2, 0.25) is 0 Å². The van der Waals surface area contributed by atoms with E-state index < -0.39 is 5.97 Å². The number of carbonyl (C=O) groups is 2. The molecule has 1 aromatic heterocycles. The van der Waals surface area contributed by atoms with Crippen molar-refractivity contribution in [1.29, 1.82) is 0 Å². The van der Waals surface area contributed by atoms with Crippen LogP contribution in [0.1, 0.15) is 17.9 Å². The summed E-state index contributed by atoms with van der Waals surface area (Å²) in [6, 6.07) is 7.06. The molecule has 8 heteroatoms. The van der Waals surface area contributed by atoms with Gasteiger partial charge in [0.25, 0.3) is 0 Å². The maximum atomic E-state index is 12.3. The number of amides is 2. The first-order valence-corrected chi connectivity index (χ1v) is 7.09. The van der Waals surface area contributed by atoms with E-state index >= 15 is 0 Å². The largest absolute Gasteiger partial charge is 0.481 e. The molecule has 0 saturated carbocycles. The van der Waals surface area contributed by atoms with Crippen LogP contribution in [0.15, 0.2) is 30.5 Å². The molecule has 2 N–H and O–H groups in total. The second-order valence-corrected chi connectivity index (χ2v) is 5.46. The van der Waals surface area contributed by atoms with Gasteiger partial charge in [-0.1, -0.05) is 22.7 Å². The summed E-state index contributed by atoms with van der Waals surface area (Å²) < 4.78 is 3.68. The van der Waals surface area contributed by atoms with Crippen molar-refractivity contribution in [3.63, 3.8) is 0 Å². The Morgan fingerprint density at radius 1 is 1.43 bits per heavy atom. The van der Waals surface area contributed by atoms with E-state index in [0.29, 0.717) is 11.5 Å². The van der Waals surface area contributed by atoms with E-state index in [9.17, 15) is 9.59 Å². The first-order valence-electron chi connectivity index (χ1n) is 6.31. The van der Waals surface area contributed by atoms with E-state index in [2.05, 4.69) is 14.9 Å². The number of carbonyl (C=O) groups excluding carboxylic acids is 1. The lowest BCUT2D eigenvalue weighted by molar-refractivity contribution is -0.137. The third kappa shape index (κ3) is 2.70. The Bertz CT molecular complexity index is 674. The van der Waals surface area contributed by atoms with Crippen molar-refractivity contribution < 1.29 is 14.7 Å². The predicted octanol–water partition coefficient (Wildman–Crippen LogP) is 2.15. The number of rotatable bonds is 3. The van der Waals surface area contributed by atoms with E-state index in [4.69, 9.17) is 5.11 Å². The molecule has 1 aliphatic heterocycles. The molecular weight excluding hydrogens is 292 g/mol. The lowest BCUT2D eigenvalue weighted by Crippen LogP contribution is -2.34. The number of aliphatic carboxylic acids is 1. The fourth-order valence-corrected chi connectivity index (χ4v) is 2.88. The lowest BCUT2D eigenvalue weighted by Gasteiger charge is -2.17. The van der Waals surface area contributed by atoms with Crippen LogP contribution in [0.3, 0.4) is 0 Å². The van der Waals surface area contributed by atoms with Crippen LogP contribution >= 0.6 is 11.5 Å². The number of nitrogens with one attached hydrogen (secondary N) is 1. The monoisotopic (exact) mass is 304 g/mol. The number of benzene rings is 1. The van der Waals surface area contributed by atoms with Gasteiger partial charge in [0.15, 0.2) is 0 Å². The summed E-state index contributed by atoms with van der Waals surface area (Å²) >= 11 is 1.09. The first-order chi connectivity index (χ1) is 10.1. The second kappa shape index (κ2) is 5.49. The molecule has 0 bridgehead atoms. The number of carboxylic acid groups (broad SMARTS) is 1. The van der Waals surface area contributed by atoms with Crippen LogP contribution in [0.4, 0.5) is 15.5 Å². The molecule has 1 unspecified atom stereocenters. The summed E-state index contributed by atoms with van der Waals surface area (Å²) in [7, 11) is 0. The van der Waals surface area contributed by atoms with Gasteiger partial charge in [0, 0.05) is 29.7 Å². The minimum Gasteiger partial charge on any atom is -0.481 e. The quantitative estimate of drug-likeness (QED) is 0.906. The average Bonchev–Trinajstić information content (AvgIpc) is 3.07. The van der Waals surface area contributed by atoms with Gasteiger partial charge in [0.05, 0.1) is 12.6 Å². The van der Waals surface area contributed by atoms with E-state index in [0.717, 1.165) is 22.8 Å². The predicted molar refractivity (Wildman–Crippen MR) is 77.7 cm³/mol. The molecule has 2 aromatic rings. The number of aromatic nitrogens is 2. The van der Waals surface area contributed by atoms with Crippen molar-refractivity contribution in [3.8, 4) is 0 Å². The van der Waals surface area contributed by atoms with Crippen molar-refractivity contribution in [2.75, 3.05) is 16.8 Å². The summed E-state index contributed by atoms with van der Waals surface area (Å²) in [4.78, 5) is 24.8. The number of para-hydroxylation sites is 1. The zero-order chi connectivity index (χ0) is 14.8. The van der Waals surface area contributed by atoms with Crippen LogP contribution < -0.4 is 10.2 Å². The third-order valence-electron chi connectivity index (χ3n) is 3.33. The zero-order valence-electron chi connectivity index (χ0n) is 10.9. The fraction of sp³-hybridized carbons (Fsp3) is 0.231. The van der Waals surface area contributed by atoms with Crippen molar-refractivity contribution >= 4 is 34.2 Å². The Morgan fingerprint density at radius 2 is 2.24 bits per heavy atom. The number of anilines is 2. The number of hydrogen-bond acceptors (Lipinski definition) is 5. The average molecular weight is 304 g/mol. The molecule has 0 radical (unpaired) electrons. The number of carboxylic acids is 1. The van der Waals surface area contributed by atoms with Crippen LogP contribution in [-0.4, -0.2) is 33.2 Å². The zero-order valence-corrected chi connectivity index (χ0v) is 11.7. The van der Waals surface area contributed by atoms with Gasteiger partial charge in [-0.05, 0) is 11.6 Å². The Hall–Kier alpha value is -2.48. The van der Waals surface area contributed by atoms with E-state index in [-0.39, 0.29) is 18.4 Å². The van der Waals surface area contributed by atoms with Crippen LogP contribution in [0, 0.1) is 0 Å². The standard InChI is InChI=1S/C13H12N4O3S/c18-12(19)5-8-7-17(10-4-2-1-3-9(8)10)13(20)15-11-6-14-16-21-11/h1-4,6,8H,5,7H2,(H,15,20)(H,18,19). The molecule has 0 fully saturated rings. The Balaban J connectivity index is 1.83. The normalized spacial score (nSPS) is 16.6. The Morgan fingerprint density at radius 3 is 2.95 bits per heavy atom. The van der Waals surface area contributed by atoms with Crippen molar-refractivity contribution in [3.05, 3.63) is 36.0 Å². The minimum absolute atomic E-state index is 0.00288. The molecule has 1 aromatic carbocycles. The molecule has 21 heavy (non-hydrogen) atoms. The van der Waals surface area contributed by atoms with Crippen molar-refractivity contribution in [2.24, 2.45) is 0 Å². The molecule has 2 heterocycles. The molecule has 1 aliphatic rings. The van der Waals surface area contributed by atoms with Gasteiger partial charge in [-0.2, -0.15) is 0 Å². The van der Waals surface area contributed by atoms with Crippen molar-refractivity contribution in [1.82, 2.24) is 9.59 Å². The maximum absolute atomic E-state index is 12.3. The summed E-state index contributed by atoms with van der Waals surface area (Å²) in [6.07, 6.45) is 1.47. The van der Waals surface area contributed by atoms with Gasteiger partial charge >= 0.3 is 12.0 Å². The maximum Gasteiger partial charge on any atom is 0.327 e. The van der Waals surface area contributed by atoms with E-state index in [1.54, 1.807) is 4.90 Å². The highest BCUT2D eigenvalue weighted by molar-refractivity contribution is 7.10. The number of urea groups is 1. The van der Waals surface area contributed by atoms with E-state index in [1.807, 2.05) is 24.3 Å². The van der Waals surface area contributed by atoms with Gasteiger partial charge in [-0.25, -0.2) is 4.79 Å². The molecule has 7 nitrogen and oxygen atoms in total. The van der Waals surface area contributed by atoms with Crippen LogP contribution in [0.25, 0.3) is 0 Å². The summed E-state index contributed by atoms with van der Waals surface area (Å²) in [6.45, 7) is 0.351. The number of fused-ring (bicyclic) bond motifs is 1. The Labute approximate surface area is 124 Å². The molecule has 0 spiro atoms. The summed E-state index contributed by atoms with van der Waals surface area (Å²) in [5.74, 6) is -1.06. The second-order valence-electron chi connectivity index (χ2n) is 4.68. The molecule has 0 saturated heterocycles. The van der Waals surface area contributed by atoms with Crippen molar-refractivity contribution in [2.45, 2.75) is 12.3 Å². The smallest absolute Gasteiger partial charge is 0.327 e. The van der Waals surface area contributed by atoms with Gasteiger partial charge in [-0.15, -0.1) is 5.10 Å². The third-order valence-corrected chi connectivity index (χ3v) is 3.91. The lowest BCUT2D eigenvalue weighted by atomic mass is 9.98. The topological polar surface area (TPSA) is 95.4 Å². The highest BCUT2D eigenvalue weighted by Gasteiger charge is 2.33. The summed E-state index contributed by atoms with van der Waals surface area (Å²) in [5, 5.41) is 15.9. The highest BCUT2D eigenvalue weighted by atomic mass is 32.1. The van der Waals surface area contributed by atoms with Gasteiger partial charge in [0.2, 0.25) is 0 Å². The van der Waals surface area contributed by atoms with Crippen LogP contribution in [-0.2, 0) is 4.79 Å². The number of nitrogens with zero attached hydrogens (tertiary/aromatic N) is 3. The molecule has 108 valence electrons. The fourth-order valence-electron chi connectivity index (χ4n) is 2.47. The number of hydrogen-bond donors (Lipinski definition) is 2. The first kappa shape index (κ1) is 13.5. The summed E-state index contributed by atoms with van der Waals surface area (Å²) in [5.41, 5.74) is 1.64. The SMILES string of the molecule is O=C(O)CC1CN(C(=O)Nc2cnns2)c2ccccc21. The molecule has 3 rings (SSSR count). The Kier molecular flexibility index (Phi) is 3.53. The highest BCUT2D eigenvalue weighted by Crippen LogP contribution is 2.38. The van der Waals surface area contributed by atoms with Gasteiger partial charge in [0.1, 0.15) is 5.00 Å². The van der Waals surface area contributed by atoms with E-state index in [1.165, 1.54) is 6.20 Å². The molecular formula is C13H12N4O3S.